The van der Waals surface area contributed by atoms with Crippen molar-refractivity contribution in [2.45, 2.75) is 99.8 Å². The van der Waals surface area contributed by atoms with Crippen molar-refractivity contribution in [2.24, 2.45) is 35.0 Å². The average molecular weight is 295 g/mol. The van der Waals surface area contributed by atoms with Gasteiger partial charge in [0.05, 0.1) is 0 Å². The Bertz CT molecular complexity index is 274. The minimum absolute atomic E-state index is 0.617. The van der Waals surface area contributed by atoms with Crippen LogP contribution in [0.5, 0.6) is 0 Å². The van der Waals surface area contributed by atoms with Gasteiger partial charge in [0.25, 0.3) is 0 Å². The smallest absolute Gasteiger partial charge is 0.0323 e. The van der Waals surface area contributed by atoms with Crippen molar-refractivity contribution in [1.29, 1.82) is 0 Å². The van der Waals surface area contributed by atoms with Gasteiger partial charge in [-0.3, -0.25) is 0 Å². The average Bonchev–Trinajstić information content (AvgIpc) is 2.38. The summed E-state index contributed by atoms with van der Waals surface area (Å²) in [5.74, 6) is 4.78. The van der Waals surface area contributed by atoms with Gasteiger partial charge in [0, 0.05) is 0 Å². The second-order valence-electron chi connectivity index (χ2n) is 9.25. The van der Waals surface area contributed by atoms with Gasteiger partial charge in [-0.15, -0.1) is 0 Å². The molecule has 2 fully saturated rings. The van der Waals surface area contributed by atoms with Crippen molar-refractivity contribution in [3.8, 4) is 0 Å². The summed E-state index contributed by atoms with van der Waals surface area (Å²) in [6.45, 7) is 16.8. The number of rotatable bonds is 2. The zero-order valence-corrected chi connectivity index (χ0v) is 16.0. The van der Waals surface area contributed by atoms with Crippen LogP contribution in [0, 0.1) is 35.0 Å². The van der Waals surface area contributed by atoms with Crippen LogP contribution < -0.4 is 0 Å². The fraction of sp³-hybridized carbons (Fsp3) is 1.00. The van der Waals surface area contributed by atoms with Crippen LogP contribution in [0.25, 0.3) is 0 Å². The Labute approximate surface area is 135 Å². The zero-order chi connectivity index (χ0) is 16.0. The molecule has 0 aromatic heterocycles. The van der Waals surface area contributed by atoms with Crippen LogP contribution in [0.3, 0.4) is 0 Å². The van der Waals surface area contributed by atoms with Crippen molar-refractivity contribution in [3.63, 3.8) is 0 Å². The Morgan fingerprint density at radius 3 is 1.71 bits per heavy atom. The molecule has 2 saturated carbocycles. The van der Waals surface area contributed by atoms with Crippen molar-refractivity contribution >= 4 is 0 Å². The highest BCUT2D eigenvalue weighted by atomic mass is 14.4. The third-order valence-electron chi connectivity index (χ3n) is 6.43. The fourth-order valence-electron chi connectivity index (χ4n) is 5.09. The molecular formula is C21H42. The van der Waals surface area contributed by atoms with Crippen molar-refractivity contribution in [1.82, 2.24) is 0 Å². The summed E-state index contributed by atoms with van der Waals surface area (Å²) in [5.41, 5.74) is 0.617. The summed E-state index contributed by atoms with van der Waals surface area (Å²) in [6, 6.07) is 0. The Morgan fingerprint density at radius 1 is 0.762 bits per heavy atom. The van der Waals surface area contributed by atoms with Gasteiger partial charge < -0.3 is 0 Å². The van der Waals surface area contributed by atoms with E-state index in [9.17, 15) is 0 Å². The minimum atomic E-state index is 0.617. The lowest BCUT2D eigenvalue weighted by atomic mass is 9.65. The summed E-state index contributed by atoms with van der Waals surface area (Å²) in [4.78, 5) is 0. The second-order valence-corrected chi connectivity index (χ2v) is 9.25. The highest BCUT2D eigenvalue weighted by molar-refractivity contribution is 4.84. The quantitative estimate of drug-likeness (QED) is 0.500. The van der Waals surface area contributed by atoms with Gasteiger partial charge in [-0.05, 0) is 54.3 Å². The molecule has 0 bridgehead atoms. The van der Waals surface area contributed by atoms with Crippen LogP contribution in [0.2, 0.25) is 0 Å². The predicted octanol–water partition coefficient (Wildman–Crippen LogP) is 7.33. The monoisotopic (exact) mass is 294 g/mol. The lowest BCUT2D eigenvalue weighted by molar-refractivity contribution is 0.0958. The maximum absolute atomic E-state index is 2.44. The van der Waals surface area contributed by atoms with Gasteiger partial charge in [0.15, 0.2) is 0 Å². The molecule has 3 unspecified atom stereocenters. The van der Waals surface area contributed by atoms with E-state index in [1.807, 2.05) is 0 Å². The predicted molar refractivity (Wildman–Crippen MR) is 96.5 cm³/mol. The highest BCUT2D eigenvalue weighted by Crippen LogP contribution is 2.44. The summed E-state index contributed by atoms with van der Waals surface area (Å²) >= 11 is 0. The van der Waals surface area contributed by atoms with Crippen LogP contribution >= 0.6 is 0 Å². The lowest BCUT2D eigenvalue weighted by Gasteiger charge is -2.41. The highest BCUT2D eigenvalue weighted by Gasteiger charge is 2.33. The molecule has 2 rings (SSSR count). The lowest BCUT2D eigenvalue weighted by Crippen LogP contribution is -2.31. The first-order valence-electron chi connectivity index (χ1n) is 9.75. The molecular weight excluding hydrogens is 252 g/mol. The van der Waals surface area contributed by atoms with E-state index in [4.69, 9.17) is 0 Å². The van der Waals surface area contributed by atoms with Crippen LogP contribution in [-0.2, 0) is 0 Å². The van der Waals surface area contributed by atoms with Crippen LogP contribution in [0.1, 0.15) is 99.8 Å². The standard InChI is InChI=1S/C11H22.C10H20/c1-9(2)10-7-5-6-8-11(10,3)4;1-8(2)10-7-5-4-6-9(10)3/h9-10H,5-8H2,1-4H3;8-10H,4-7H2,1-3H3. The van der Waals surface area contributed by atoms with Crippen molar-refractivity contribution < 1.29 is 0 Å². The van der Waals surface area contributed by atoms with Gasteiger partial charge in [-0.1, -0.05) is 80.6 Å². The summed E-state index contributed by atoms with van der Waals surface area (Å²) in [6.07, 6.45) is 11.7. The molecule has 0 saturated heterocycles. The van der Waals surface area contributed by atoms with E-state index < -0.39 is 0 Å². The molecule has 0 N–H and O–H groups in total. The van der Waals surface area contributed by atoms with E-state index in [1.165, 1.54) is 51.4 Å². The van der Waals surface area contributed by atoms with Gasteiger partial charge in [0.1, 0.15) is 0 Å². The van der Waals surface area contributed by atoms with Crippen LogP contribution in [-0.4, -0.2) is 0 Å². The van der Waals surface area contributed by atoms with Gasteiger partial charge in [0.2, 0.25) is 0 Å². The van der Waals surface area contributed by atoms with E-state index >= 15 is 0 Å². The number of hydrogen-bond donors (Lipinski definition) is 0. The molecule has 0 spiro atoms. The summed E-state index contributed by atoms with van der Waals surface area (Å²) < 4.78 is 0. The molecule has 0 heteroatoms. The third-order valence-corrected chi connectivity index (χ3v) is 6.43. The van der Waals surface area contributed by atoms with Gasteiger partial charge in [-0.2, -0.15) is 0 Å². The Hall–Kier alpha value is 0. The molecule has 0 aromatic carbocycles. The third kappa shape index (κ3) is 5.95. The number of hydrogen-bond acceptors (Lipinski definition) is 0. The first-order valence-corrected chi connectivity index (χ1v) is 9.75. The minimum Gasteiger partial charge on any atom is -0.0625 e. The van der Waals surface area contributed by atoms with Gasteiger partial charge in [-0.25, -0.2) is 0 Å². The molecule has 2 aliphatic rings. The molecule has 126 valence electrons. The van der Waals surface area contributed by atoms with Crippen molar-refractivity contribution in [3.05, 3.63) is 0 Å². The van der Waals surface area contributed by atoms with E-state index in [0.717, 1.165) is 29.6 Å². The zero-order valence-electron chi connectivity index (χ0n) is 16.0. The molecule has 0 aliphatic heterocycles. The van der Waals surface area contributed by atoms with Crippen LogP contribution in [0.15, 0.2) is 0 Å². The summed E-state index contributed by atoms with van der Waals surface area (Å²) in [5, 5.41) is 0. The Balaban J connectivity index is 0.000000211. The fourth-order valence-corrected chi connectivity index (χ4v) is 5.09. The molecule has 0 amide bonds. The van der Waals surface area contributed by atoms with E-state index in [0.29, 0.717) is 5.41 Å². The Kier molecular flexibility index (Phi) is 7.79. The van der Waals surface area contributed by atoms with E-state index in [-0.39, 0.29) is 0 Å². The van der Waals surface area contributed by atoms with Crippen molar-refractivity contribution in [2.75, 3.05) is 0 Å². The normalized spacial score (nSPS) is 32.7. The molecule has 0 nitrogen and oxygen atoms in total. The maximum atomic E-state index is 2.44. The topological polar surface area (TPSA) is 0 Å². The largest absolute Gasteiger partial charge is 0.0625 e. The second kappa shape index (κ2) is 8.59. The van der Waals surface area contributed by atoms with E-state index in [2.05, 4.69) is 48.5 Å². The van der Waals surface area contributed by atoms with E-state index in [1.54, 1.807) is 0 Å². The molecule has 2 aliphatic carbocycles. The first kappa shape index (κ1) is 19.0. The molecule has 3 atom stereocenters. The van der Waals surface area contributed by atoms with Crippen LogP contribution in [0.4, 0.5) is 0 Å². The first-order chi connectivity index (χ1) is 9.75. The molecule has 0 aromatic rings. The maximum Gasteiger partial charge on any atom is -0.0323 e. The Morgan fingerprint density at radius 2 is 1.33 bits per heavy atom. The molecule has 21 heavy (non-hydrogen) atoms. The molecule has 0 radical (unpaired) electrons. The molecule has 0 heterocycles. The van der Waals surface area contributed by atoms with Gasteiger partial charge >= 0.3 is 0 Å². The summed E-state index contributed by atoms with van der Waals surface area (Å²) in [7, 11) is 0. The SMILES string of the molecule is CC(C)C1CCCCC1(C)C.CC(C)C1CCCCC1C.